The summed E-state index contributed by atoms with van der Waals surface area (Å²) in [5, 5.41) is 26.6. The van der Waals surface area contributed by atoms with Crippen molar-refractivity contribution in [3.63, 3.8) is 0 Å². The molecule has 184 valence electrons. The van der Waals surface area contributed by atoms with Gasteiger partial charge >= 0.3 is 0 Å². The molecule has 12 nitrogen and oxygen atoms in total. The average Bonchev–Trinajstić information content (AvgIpc) is 3.24. The van der Waals surface area contributed by atoms with Gasteiger partial charge in [-0.3, -0.25) is 4.68 Å². The third-order valence-corrected chi connectivity index (χ3v) is 7.70. The summed E-state index contributed by atoms with van der Waals surface area (Å²) in [5.74, 6) is 0.0103. The van der Waals surface area contributed by atoms with Crippen LogP contribution in [0.3, 0.4) is 0 Å². The molecule has 2 fully saturated rings. The molecule has 0 amide bonds. The zero-order valence-corrected chi connectivity index (χ0v) is 19.6. The molecule has 0 bridgehead atoms. The van der Waals surface area contributed by atoms with E-state index < -0.39 is 33.9 Å². The minimum absolute atomic E-state index is 0.00909. The molecule has 2 aliphatic heterocycles. The van der Waals surface area contributed by atoms with E-state index in [0.717, 1.165) is 4.31 Å². The van der Waals surface area contributed by atoms with Crippen LogP contribution in [0.2, 0.25) is 0 Å². The summed E-state index contributed by atoms with van der Waals surface area (Å²) < 4.78 is 54.1. The third kappa shape index (κ3) is 4.97. The quantitative estimate of drug-likeness (QED) is 0.568. The number of aliphatic hydroxyl groups is 1. The molecular weight excluding hydrogens is 469 g/mol. The van der Waals surface area contributed by atoms with Gasteiger partial charge in [-0.25, -0.2) is 17.8 Å². The van der Waals surface area contributed by atoms with Crippen molar-refractivity contribution in [3.8, 4) is 11.9 Å². The summed E-state index contributed by atoms with van der Waals surface area (Å²) in [6.07, 6.45) is 2.26. The highest BCUT2D eigenvalue weighted by atomic mass is 32.2. The minimum atomic E-state index is -3.85. The Labute approximate surface area is 196 Å². The molecule has 0 aliphatic carbocycles. The van der Waals surface area contributed by atoms with E-state index in [-0.39, 0.29) is 48.4 Å². The largest absolute Gasteiger partial charge is 0.470 e. The van der Waals surface area contributed by atoms with E-state index in [9.17, 15) is 23.2 Å². The zero-order valence-electron chi connectivity index (χ0n) is 18.8. The molecule has 2 N–H and O–H groups in total. The molecule has 2 aromatic heterocycles. The lowest BCUT2D eigenvalue weighted by atomic mass is 9.95. The first-order chi connectivity index (χ1) is 16.1. The summed E-state index contributed by atoms with van der Waals surface area (Å²) in [7, 11) is -2.25. The molecule has 0 saturated carbocycles. The summed E-state index contributed by atoms with van der Waals surface area (Å²) in [5.41, 5.74) is -1.19. The normalized spacial score (nSPS) is 28.3. The zero-order chi connectivity index (χ0) is 24.5. The number of hydrogen-bond donors (Lipinski definition) is 2. The lowest BCUT2D eigenvalue weighted by Crippen LogP contribution is -2.51. The van der Waals surface area contributed by atoms with Crippen molar-refractivity contribution >= 4 is 16.0 Å². The number of rotatable bonds is 6. The standard InChI is InChI=1S/C20H26FN7O5S/c1-20(29)12-32-6-4-17(20)33-18-13(7-22)8-23-19(26-18)25-16-3-5-28(11-15(16)21)34(30,31)14-9-24-27(2)10-14/h8-10,15-17,29H,3-6,11-12H2,1-2H3,(H,23,25,26)/t15-,16+,17+,20-/m1/s1. The Kier molecular flexibility index (Phi) is 6.72. The van der Waals surface area contributed by atoms with Gasteiger partial charge in [-0.1, -0.05) is 0 Å². The monoisotopic (exact) mass is 495 g/mol. The number of aryl methyl sites for hydroxylation is 1. The summed E-state index contributed by atoms with van der Waals surface area (Å²) in [4.78, 5) is 8.30. The van der Waals surface area contributed by atoms with Crippen molar-refractivity contribution in [1.82, 2.24) is 24.1 Å². The van der Waals surface area contributed by atoms with Gasteiger partial charge in [-0.15, -0.1) is 0 Å². The van der Waals surface area contributed by atoms with Crippen LogP contribution in [0.15, 0.2) is 23.5 Å². The highest BCUT2D eigenvalue weighted by Crippen LogP contribution is 2.28. The number of piperidine rings is 1. The first kappa shape index (κ1) is 24.3. The van der Waals surface area contributed by atoms with Crippen LogP contribution in [0.5, 0.6) is 5.88 Å². The molecule has 2 aromatic rings. The van der Waals surface area contributed by atoms with Gasteiger partial charge in [0.2, 0.25) is 21.9 Å². The summed E-state index contributed by atoms with van der Waals surface area (Å²) in [6, 6.07) is 1.20. The number of nitriles is 1. The Morgan fingerprint density at radius 3 is 2.85 bits per heavy atom. The van der Waals surface area contributed by atoms with Crippen LogP contribution in [-0.2, 0) is 21.8 Å². The summed E-state index contributed by atoms with van der Waals surface area (Å²) >= 11 is 0. The van der Waals surface area contributed by atoms with Gasteiger partial charge in [0.05, 0.1) is 31.6 Å². The molecule has 0 aromatic carbocycles. The molecule has 0 spiro atoms. The Balaban J connectivity index is 1.45. The van der Waals surface area contributed by atoms with Crippen LogP contribution in [-0.4, -0.2) is 87.8 Å². The van der Waals surface area contributed by atoms with Crippen molar-refractivity contribution in [1.29, 1.82) is 5.26 Å². The van der Waals surface area contributed by atoms with E-state index in [0.29, 0.717) is 13.0 Å². The molecule has 0 radical (unpaired) electrons. The molecule has 4 atom stereocenters. The maximum Gasteiger partial charge on any atom is 0.246 e. The molecule has 4 rings (SSSR count). The number of sulfonamides is 1. The number of alkyl halides is 1. The number of anilines is 1. The van der Waals surface area contributed by atoms with Crippen molar-refractivity contribution < 1.29 is 27.4 Å². The summed E-state index contributed by atoms with van der Waals surface area (Å²) in [6.45, 7) is 1.81. The van der Waals surface area contributed by atoms with Gasteiger partial charge in [0.15, 0.2) is 0 Å². The predicted octanol–water partition coefficient (Wildman–Crippen LogP) is 0.214. The van der Waals surface area contributed by atoms with Crippen molar-refractivity contribution in [2.24, 2.45) is 7.05 Å². The number of nitrogens with one attached hydrogen (secondary N) is 1. The lowest BCUT2D eigenvalue weighted by molar-refractivity contribution is -0.139. The van der Waals surface area contributed by atoms with Crippen LogP contribution in [0.1, 0.15) is 25.3 Å². The number of hydrogen-bond acceptors (Lipinski definition) is 10. The number of nitrogens with zero attached hydrogens (tertiary/aromatic N) is 6. The van der Waals surface area contributed by atoms with Gasteiger partial charge in [0.25, 0.3) is 0 Å². The fourth-order valence-electron chi connectivity index (χ4n) is 3.90. The lowest BCUT2D eigenvalue weighted by Gasteiger charge is -2.36. The maximum absolute atomic E-state index is 15.0. The molecule has 2 saturated heterocycles. The van der Waals surface area contributed by atoms with Crippen LogP contribution in [0, 0.1) is 11.3 Å². The highest BCUT2D eigenvalue weighted by Gasteiger charge is 2.39. The number of ether oxygens (including phenoxy) is 2. The fraction of sp³-hybridized carbons (Fsp3) is 0.600. The smallest absolute Gasteiger partial charge is 0.246 e. The first-order valence-corrected chi connectivity index (χ1v) is 12.2. The minimum Gasteiger partial charge on any atom is -0.470 e. The topological polar surface area (TPSA) is 155 Å². The van der Waals surface area contributed by atoms with E-state index in [1.165, 1.54) is 23.3 Å². The fourth-order valence-corrected chi connectivity index (χ4v) is 5.35. The van der Waals surface area contributed by atoms with Crippen molar-refractivity contribution in [3.05, 3.63) is 24.2 Å². The molecule has 4 heterocycles. The molecule has 34 heavy (non-hydrogen) atoms. The van der Waals surface area contributed by atoms with Crippen LogP contribution < -0.4 is 10.1 Å². The van der Waals surface area contributed by atoms with E-state index >= 15 is 0 Å². The van der Waals surface area contributed by atoms with Crippen molar-refractivity contribution in [2.75, 3.05) is 31.6 Å². The van der Waals surface area contributed by atoms with Crippen LogP contribution in [0.4, 0.5) is 10.3 Å². The SMILES string of the molecule is Cn1cc(S(=O)(=O)N2CC[C@H](Nc3ncc(C#N)c(O[C@H]4CCOC[C@@]4(C)O)n3)[C@H](F)C2)cn1. The molecule has 2 aliphatic rings. The van der Waals surface area contributed by atoms with E-state index in [1.54, 1.807) is 14.0 Å². The Bertz CT molecular complexity index is 1180. The predicted molar refractivity (Wildman–Crippen MR) is 116 cm³/mol. The Morgan fingerprint density at radius 2 is 2.21 bits per heavy atom. The second kappa shape index (κ2) is 9.41. The second-order valence-electron chi connectivity index (χ2n) is 8.60. The number of halogens is 1. The molecule has 0 unspecified atom stereocenters. The number of aromatic nitrogens is 4. The van der Waals surface area contributed by atoms with E-state index in [4.69, 9.17) is 9.47 Å². The maximum atomic E-state index is 15.0. The van der Waals surface area contributed by atoms with Crippen molar-refractivity contribution in [2.45, 2.75) is 48.6 Å². The first-order valence-electron chi connectivity index (χ1n) is 10.7. The van der Waals surface area contributed by atoms with Crippen LogP contribution in [0.25, 0.3) is 0 Å². The van der Waals surface area contributed by atoms with Crippen LogP contribution >= 0.6 is 0 Å². The molecular formula is C20H26FN7O5S. The Hall–Kier alpha value is -2.86. The van der Waals surface area contributed by atoms with Gasteiger partial charge in [-0.2, -0.15) is 19.6 Å². The van der Waals surface area contributed by atoms with Gasteiger partial charge < -0.3 is 19.9 Å². The third-order valence-electron chi connectivity index (χ3n) is 5.88. The van der Waals surface area contributed by atoms with E-state index in [1.807, 2.05) is 6.07 Å². The average molecular weight is 496 g/mol. The molecule has 14 heteroatoms. The Morgan fingerprint density at radius 1 is 1.41 bits per heavy atom. The van der Waals surface area contributed by atoms with Gasteiger partial charge in [-0.05, 0) is 13.3 Å². The second-order valence-corrected chi connectivity index (χ2v) is 10.5. The van der Waals surface area contributed by atoms with E-state index in [2.05, 4.69) is 20.4 Å². The van der Waals surface area contributed by atoms with Gasteiger partial charge in [0, 0.05) is 32.8 Å². The highest BCUT2D eigenvalue weighted by molar-refractivity contribution is 7.89. The van der Waals surface area contributed by atoms with Gasteiger partial charge in [0.1, 0.15) is 34.4 Å².